The van der Waals surface area contributed by atoms with E-state index in [1.807, 2.05) is 6.07 Å². The molecular weight excluding hydrogens is 340 g/mol. The SMILES string of the molecule is COc1ccc(-c2cc(C#N)nn2NS(=O)(=O)c2ccccc2)cc1. The zero-order chi connectivity index (χ0) is 17.9. The zero-order valence-electron chi connectivity index (χ0n) is 13.2. The van der Waals surface area contributed by atoms with E-state index in [-0.39, 0.29) is 10.6 Å². The second-order valence-corrected chi connectivity index (χ2v) is 6.74. The highest BCUT2D eigenvalue weighted by Gasteiger charge is 2.18. The van der Waals surface area contributed by atoms with Crippen LogP contribution < -0.4 is 9.57 Å². The third-order valence-electron chi connectivity index (χ3n) is 3.47. The highest BCUT2D eigenvalue weighted by Crippen LogP contribution is 2.23. The molecule has 0 saturated carbocycles. The number of hydrogen-bond acceptors (Lipinski definition) is 5. The average molecular weight is 354 g/mol. The van der Waals surface area contributed by atoms with Crippen LogP contribution >= 0.6 is 0 Å². The zero-order valence-corrected chi connectivity index (χ0v) is 14.1. The first-order valence-electron chi connectivity index (χ1n) is 7.26. The van der Waals surface area contributed by atoms with Gasteiger partial charge in [0.25, 0.3) is 10.0 Å². The highest BCUT2D eigenvalue weighted by molar-refractivity contribution is 7.92. The van der Waals surface area contributed by atoms with Crippen molar-refractivity contribution in [1.82, 2.24) is 9.89 Å². The molecule has 1 aromatic heterocycles. The second kappa shape index (κ2) is 6.67. The topological polar surface area (TPSA) is 97.0 Å². The van der Waals surface area contributed by atoms with Crippen molar-refractivity contribution in [3.8, 4) is 23.1 Å². The quantitative estimate of drug-likeness (QED) is 0.758. The Kier molecular flexibility index (Phi) is 4.41. The lowest BCUT2D eigenvalue weighted by Crippen LogP contribution is -2.25. The molecule has 1 N–H and O–H groups in total. The predicted octanol–water partition coefficient (Wildman–Crippen LogP) is 2.36. The second-order valence-electron chi connectivity index (χ2n) is 5.07. The molecule has 0 fully saturated rings. The molecule has 1 heterocycles. The van der Waals surface area contributed by atoms with Gasteiger partial charge in [-0.25, -0.2) is 0 Å². The van der Waals surface area contributed by atoms with Gasteiger partial charge in [0.05, 0.1) is 17.7 Å². The van der Waals surface area contributed by atoms with Crippen molar-refractivity contribution < 1.29 is 13.2 Å². The van der Waals surface area contributed by atoms with Crippen molar-refractivity contribution >= 4 is 10.0 Å². The molecule has 0 unspecified atom stereocenters. The van der Waals surface area contributed by atoms with Gasteiger partial charge in [0, 0.05) is 11.6 Å². The summed E-state index contributed by atoms with van der Waals surface area (Å²) < 4.78 is 30.1. The fourth-order valence-electron chi connectivity index (χ4n) is 2.24. The summed E-state index contributed by atoms with van der Waals surface area (Å²) in [6.45, 7) is 0. The summed E-state index contributed by atoms with van der Waals surface area (Å²) in [5, 5.41) is 13.1. The molecule has 3 aromatic rings. The van der Waals surface area contributed by atoms with Gasteiger partial charge in [0.1, 0.15) is 11.8 Å². The Morgan fingerprint density at radius 2 is 1.80 bits per heavy atom. The Morgan fingerprint density at radius 3 is 2.40 bits per heavy atom. The summed E-state index contributed by atoms with van der Waals surface area (Å²) in [7, 11) is -2.28. The number of ether oxygens (including phenoxy) is 1. The maximum Gasteiger partial charge on any atom is 0.276 e. The highest BCUT2D eigenvalue weighted by atomic mass is 32.2. The number of methoxy groups -OCH3 is 1. The van der Waals surface area contributed by atoms with Gasteiger partial charge in [-0.1, -0.05) is 18.2 Å². The van der Waals surface area contributed by atoms with Gasteiger partial charge >= 0.3 is 0 Å². The van der Waals surface area contributed by atoms with Crippen molar-refractivity contribution in [2.45, 2.75) is 4.90 Å². The van der Waals surface area contributed by atoms with Gasteiger partial charge in [-0.3, -0.25) is 0 Å². The lowest BCUT2D eigenvalue weighted by atomic mass is 10.1. The molecule has 2 aromatic carbocycles. The van der Waals surface area contributed by atoms with Crippen molar-refractivity contribution in [2.75, 3.05) is 11.9 Å². The Morgan fingerprint density at radius 1 is 1.12 bits per heavy atom. The van der Waals surface area contributed by atoms with E-state index in [0.29, 0.717) is 17.0 Å². The van der Waals surface area contributed by atoms with Crippen LogP contribution in [0.5, 0.6) is 5.75 Å². The van der Waals surface area contributed by atoms with Gasteiger partial charge in [-0.05, 0) is 36.4 Å². The molecule has 25 heavy (non-hydrogen) atoms. The fraction of sp³-hybridized carbons (Fsp3) is 0.0588. The van der Waals surface area contributed by atoms with Crippen LogP contribution in [0.3, 0.4) is 0 Å². The molecular formula is C17H14N4O3S. The monoisotopic (exact) mass is 354 g/mol. The largest absolute Gasteiger partial charge is 0.497 e. The fourth-order valence-corrected chi connectivity index (χ4v) is 3.23. The lowest BCUT2D eigenvalue weighted by molar-refractivity contribution is 0.415. The molecule has 0 aliphatic rings. The first kappa shape index (κ1) is 16.5. The summed E-state index contributed by atoms with van der Waals surface area (Å²) in [4.78, 5) is 3.57. The van der Waals surface area contributed by atoms with Crippen LogP contribution in [0.25, 0.3) is 11.3 Å². The van der Waals surface area contributed by atoms with Crippen molar-refractivity contribution in [3.63, 3.8) is 0 Å². The summed E-state index contributed by atoms with van der Waals surface area (Å²) in [6.07, 6.45) is 0. The van der Waals surface area contributed by atoms with Crippen LogP contribution in [0.1, 0.15) is 5.69 Å². The minimum Gasteiger partial charge on any atom is -0.497 e. The molecule has 0 radical (unpaired) electrons. The standard InChI is InChI=1S/C17H14N4O3S/c1-24-15-9-7-13(8-10-15)17-11-14(12-18)19-21(17)20-25(22,23)16-5-3-2-4-6-16/h2-11,20H,1H3. The van der Waals surface area contributed by atoms with E-state index in [2.05, 4.69) is 9.93 Å². The number of aromatic nitrogens is 2. The van der Waals surface area contributed by atoms with E-state index in [1.165, 1.54) is 18.2 Å². The first-order chi connectivity index (χ1) is 12.0. The summed E-state index contributed by atoms with van der Waals surface area (Å²) in [6, 6.07) is 18.3. The molecule has 0 atom stereocenters. The molecule has 0 saturated heterocycles. The molecule has 0 aliphatic heterocycles. The summed E-state index contributed by atoms with van der Waals surface area (Å²) in [5.41, 5.74) is 1.23. The van der Waals surface area contributed by atoms with Crippen LogP contribution in [-0.4, -0.2) is 25.4 Å². The van der Waals surface area contributed by atoms with E-state index in [4.69, 9.17) is 10.00 Å². The number of nitriles is 1. The van der Waals surface area contributed by atoms with Gasteiger partial charge in [-0.15, -0.1) is 5.10 Å². The van der Waals surface area contributed by atoms with Crippen LogP contribution in [-0.2, 0) is 10.0 Å². The third kappa shape index (κ3) is 3.46. The predicted molar refractivity (Wildman–Crippen MR) is 91.9 cm³/mol. The number of benzene rings is 2. The summed E-state index contributed by atoms with van der Waals surface area (Å²) >= 11 is 0. The third-order valence-corrected chi connectivity index (χ3v) is 4.78. The van der Waals surface area contributed by atoms with E-state index >= 15 is 0 Å². The smallest absolute Gasteiger partial charge is 0.276 e. The normalized spacial score (nSPS) is 10.9. The van der Waals surface area contributed by atoms with Gasteiger partial charge in [-0.2, -0.15) is 23.3 Å². The molecule has 7 nitrogen and oxygen atoms in total. The van der Waals surface area contributed by atoms with E-state index in [1.54, 1.807) is 49.6 Å². The van der Waals surface area contributed by atoms with E-state index < -0.39 is 10.0 Å². The van der Waals surface area contributed by atoms with Crippen molar-refractivity contribution in [1.29, 1.82) is 5.26 Å². The molecule has 0 aliphatic carbocycles. The molecule has 0 amide bonds. The number of hydrogen-bond donors (Lipinski definition) is 1. The molecule has 0 bridgehead atoms. The minimum atomic E-state index is -3.84. The van der Waals surface area contributed by atoms with Crippen LogP contribution in [0.2, 0.25) is 0 Å². The lowest BCUT2D eigenvalue weighted by Gasteiger charge is -2.11. The maximum atomic E-state index is 12.5. The number of rotatable bonds is 5. The van der Waals surface area contributed by atoms with Gasteiger partial charge in [0.15, 0.2) is 5.69 Å². The molecule has 0 spiro atoms. The Bertz CT molecular complexity index is 1020. The maximum absolute atomic E-state index is 12.5. The Balaban J connectivity index is 2.02. The van der Waals surface area contributed by atoms with E-state index in [0.717, 1.165) is 4.79 Å². The van der Waals surface area contributed by atoms with Crippen LogP contribution in [0.4, 0.5) is 0 Å². The summed E-state index contributed by atoms with van der Waals surface area (Å²) in [5.74, 6) is 0.667. The van der Waals surface area contributed by atoms with Gasteiger partial charge in [0.2, 0.25) is 0 Å². The molecule has 8 heteroatoms. The van der Waals surface area contributed by atoms with Crippen LogP contribution in [0.15, 0.2) is 65.6 Å². The van der Waals surface area contributed by atoms with Crippen molar-refractivity contribution in [2.24, 2.45) is 0 Å². The molecule has 126 valence electrons. The Hall–Kier alpha value is -3.31. The minimum absolute atomic E-state index is 0.0987. The molecule has 3 rings (SSSR count). The average Bonchev–Trinajstić information content (AvgIpc) is 3.05. The Labute approximate surface area is 145 Å². The van der Waals surface area contributed by atoms with Crippen LogP contribution in [0, 0.1) is 11.3 Å². The van der Waals surface area contributed by atoms with Gasteiger partial charge < -0.3 is 4.74 Å². The number of nitrogens with zero attached hydrogens (tertiary/aromatic N) is 3. The first-order valence-corrected chi connectivity index (χ1v) is 8.74. The number of sulfonamides is 1. The number of nitrogens with one attached hydrogen (secondary N) is 1. The van der Waals surface area contributed by atoms with Crippen molar-refractivity contribution in [3.05, 3.63) is 66.4 Å². The van der Waals surface area contributed by atoms with E-state index in [9.17, 15) is 8.42 Å².